The van der Waals surface area contributed by atoms with Crippen molar-refractivity contribution in [2.24, 2.45) is 0 Å². The Balaban J connectivity index is 0.00000144. The van der Waals surface area contributed by atoms with Crippen molar-refractivity contribution in [1.29, 1.82) is 0 Å². The number of phenols is 1. The standard InChI is InChI=1S/C14H15NO.ClH/c1-9-3-5-12(10(2)7-9)13-6-4-11(15)8-14(13)16;/h3-8,16H,15H2,1-2H3;1H. The lowest BCUT2D eigenvalue weighted by Crippen LogP contribution is -1.88. The Morgan fingerprint density at radius 1 is 0.941 bits per heavy atom. The van der Waals surface area contributed by atoms with Crippen molar-refractivity contribution in [1.82, 2.24) is 0 Å². The van der Waals surface area contributed by atoms with Gasteiger partial charge in [-0.15, -0.1) is 12.4 Å². The number of benzene rings is 2. The van der Waals surface area contributed by atoms with Crippen LogP contribution < -0.4 is 5.73 Å². The molecule has 0 amide bonds. The highest BCUT2D eigenvalue weighted by atomic mass is 35.5. The van der Waals surface area contributed by atoms with Crippen molar-refractivity contribution in [2.45, 2.75) is 13.8 Å². The lowest BCUT2D eigenvalue weighted by molar-refractivity contribution is 0.477. The van der Waals surface area contributed by atoms with Gasteiger partial charge in [0, 0.05) is 17.3 Å². The summed E-state index contributed by atoms with van der Waals surface area (Å²) in [6.07, 6.45) is 0. The second-order valence-corrected chi connectivity index (χ2v) is 4.09. The van der Waals surface area contributed by atoms with E-state index in [0.29, 0.717) is 5.69 Å². The molecule has 0 bridgehead atoms. The molecule has 2 nitrogen and oxygen atoms in total. The van der Waals surface area contributed by atoms with Gasteiger partial charge in [-0.25, -0.2) is 0 Å². The first-order valence-electron chi connectivity index (χ1n) is 5.24. The lowest BCUT2D eigenvalue weighted by atomic mass is 9.98. The summed E-state index contributed by atoms with van der Waals surface area (Å²) in [5.41, 5.74) is 10.4. The number of aromatic hydroxyl groups is 1. The van der Waals surface area contributed by atoms with E-state index in [1.165, 1.54) is 5.56 Å². The number of nitrogen functional groups attached to an aromatic ring is 1. The lowest BCUT2D eigenvalue weighted by Gasteiger charge is -2.09. The van der Waals surface area contributed by atoms with Gasteiger partial charge >= 0.3 is 0 Å². The molecule has 0 saturated carbocycles. The molecule has 0 aliphatic rings. The van der Waals surface area contributed by atoms with Crippen LogP contribution >= 0.6 is 12.4 Å². The quantitative estimate of drug-likeness (QED) is 0.758. The van der Waals surface area contributed by atoms with Crippen LogP contribution in [-0.4, -0.2) is 5.11 Å². The number of nitrogens with two attached hydrogens (primary N) is 1. The fourth-order valence-corrected chi connectivity index (χ4v) is 1.89. The SMILES string of the molecule is Cc1ccc(-c2ccc(N)cc2O)c(C)c1.Cl. The number of anilines is 1. The van der Waals surface area contributed by atoms with Crippen LogP contribution in [-0.2, 0) is 0 Å². The Morgan fingerprint density at radius 2 is 1.59 bits per heavy atom. The van der Waals surface area contributed by atoms with Gasteiger partial charge in [-0.1, -0.05) is 23.8 Å². The van der Waals surface area contributed by atoms with Gasteiger partial charge < -0.3 is 10.8 Å². The second-order valence-electron chi connectivity index (χ2n) is 4.09. The zero-order chi connectivity index (χ0) is 11.7. The maximum atomic E-state index is 9.86. The first kappa shape index (κ1) is 13.4. The third-order valence-corrected chi connectivity index (χ3v) is 2.69. The molecule has 17 heavy (non-hydrogen) atoms. The van der Waals surface area contributed by atoms with E-state index in [1.807, 2.05) is 25.1 Å². The van der Waals surface area contributed by atoms with Crippen molar-refractivity contribution < 1.29 is 5.11 Å². The molecule has 3 heteroatoms. The summed E-state index contributed by atoms with van der Waals surface area (Å²) in [5.74, 6) is 0.229. The summed E-state index contributed by atoms with van der Waals surface area (Å²) in [6, 6.07) is 11.4. The zero-order valence-electron chi connectivity index (χ0n) is 9.90. The van der Waals surface area contributed by atoms with Crippen LogP contribution in [0.5, 0.6) is 5.75 Å². The Hall–Kier alpha value is -1.67. The molecule has 2 aromatic carbocycles. The molecule has 0 fully saturated rings. The van der Waals surface area contributed by atoms with Crippen molar-refractivity contribution in [2.75, 3.05) is 5.73 Å². The summed E-state index contributed by atoms with van der Waals surface area (Å²) < 4.78 is 0. The molecule has 2 aromatic rings. The van der Waals surface area contributed by atoms with E-state index in [-0.39, 0.29) is 18.2 Å². The predicted octanol–water partition coefficient (Wildman–Crippen LogP) is 3.68. The van der Waals surface area contributed by atoms with Gasteiger partial charge in [0.05, 0.1) is 0 Å². The van der Waals surface area contributed by atoms with E-state index < -0.39 is 0 Å². The van der Waals surface area contributed by atoms with Crippen LogP contribution in [0.15, 0.2) is 36.4 Å². The molecular weight excluding hydrogens is 234 g/mol. The number of phenolic OH excluding ortho intramolecular Hbond substituents is 1. The Morgan fingerprint density at radius 3 is 2.18 bits per heavy atom. The maximum Gasteiger partial charge on any atom is 0.125 e. The van der Waals surface area contributed by atoms with E-state index in [1.54, 1.807) is 12.1 Å². The molecule has 90 valence electrons. The second kappa shape index (κ2) is 5.11. The van der Waals surface area contributed by atoms with E-state index in [2.05, 4.69) is 13.0 Å². The number of aryl methyl sites for hydroxylation is 2. The number of hydrogen-bond donors (Lipinski definition) is 2. The highest BCUT2D eigenvalue weighted by molar-refractivity contribution is 5.85. The largest absolute Gasteiger partial charge is 0.507 e. The molecule has 2 rings (SSSR count). The van der Waals surface area contributed by atoms with Gasteiger partial charge in [0.25, 0.3) is 0 Å². The highest BCUT2D eigenvalue weighted by Crippen LogP contribution is 2.33. The molecule has 0 aliphatic heterocycles. The van der Waals surface area contributed by atoms with Gasteiger partial charge in [0.2, 0.25) is 0 Å². The molecule has 0 heterocycles. The summed E-state index contributed by atoms with van der Waals surface area (Å²) in [5, 5.41) is 9.86. The van der Waals surface area contributed by atoms with Crippen LogP contribution in [0, 0.1) is 13.8 Å². The van der Waals surface area contributed by atoms with Crippen LogP contribution in [0.3, 0.4) is 0 Å². The molecule has 0 aromatic heterocycles. The number of halogens is 1. The Bertz CT molecular complexity index is 488. The summed E-state index contributed by atoms with van der Waals surface area (Å²) >= 11 is 0. The van der Waals surface area contributed by atoms with Crippen LogP contribution in [0.25, 0.3) is 11.1 Å². The molecule has 0 aliphatic carbocycles. The Kier molecular flexibility index (Phi) is 4.02. The number of rotatable bonds is 1. The molecule has 0 atom stereocenters. The molecule has 3 N–H and O–H groups in total. The topological polar surface area (TPSA) is 46.2 Å². The monoisotopic (exact) mass is 249 g/mol. The first-order valence-corrected chi connectivity index (χ1v) is 5.24. The van der Waals surface area contributed by atoms with Crippen LogP contribution in [0.4, 0.5) is 5.69 Å². The summed E-state index contributed by atoms with van der Waals surface area (Å²) in [4.78, 5) is 0. The molecule has 0 unspecified atom stereocenters. The normalized spacial score (nSPS) is 9.76. The fraction of sp³-hybridized carbons (Fsp3) is 0.143. The van der Waals surface area contributed by atoms with Gasteiger partial charge in [0.1, 0.15) is 5.75 Å². The number of hydrogen-bond acceptors (Lipinski definition) is 2. The summed E-state index contributed by atoms with van der Waals surface area (Å²) in [7, 11) is 0. The van der Waals surface area contributed by atoms with Crippen molar-refractivity contribution in [3.05, 3.63) is 47.5 Å². The van der Waals surface area contributed by atoms with Gasteiger partial charge in [0.15, 0.2) is 0 Å². The van der Waals surface area contributed by atoms with Gasteiger partial charge in [-0.3, -0.25) is 0 Å². The average Bonchev–Trinajstić information content (AvgIpc) is 2.19. The van der Waals surface area contributed by atoms with E-state index in [9.17, 15) is 5.11 Å². The minimum atomic E-state index is 0. The predicted molar refractivity (Wildman–Crippen MR) is 74.7 cm³/mol. The minimum Gasteiger partial charge on any atom is -0.507 e. The first-order chi connectivity index (χ1) is 7.58. The smallest absolute Gasteiger partial charge is 0.125 e. The third kappa shape index (κ3) is 2.71. The maximum absolute atomic E-state index is 9.86. The van der Waals surface area contributed by atoms with Crippen molar-refractivity contribution >= 4 is 18.1 Å². The molecule has 0 spiro atoms. The summed E-state index contributed by atoms with van der Waals surface area (Å²) in [6.45, 7) is 4.09. The van der Waals surface area contributed by atoms with Crippen molar-refractivity contribution in [3.8, 4) is 16.9 Å². The van der Waals surface area contributed by atoms with Gasteiger partial charge in [-0.05, 0) is 37.1 Å². The zero-order valence-corrected chi connectivity index (χ0v) is 10.7. The van der Waals surface area contributed by atoms with Crippen LogP contribution in [0.1, 0.15) is 11.1 Å². The Labute approximate surface area is 108 Å². The fourth-order valence-electron chi connectivity index (χ4n) is 1.89. The van der Waals surface area contributed by atoms with Crippen LogP contribution in [0.2, 0.25) is 0 Å². The average molecular weight is 250 g/mol. The van der Waals surface area contributed by atoms with E-state index in [4.69, 9.17) is 5.73 Å². The highest BCUT2D eigenvalue weighted by Gasteiger charge is 2.07. The molecular formula is C14H16ClNO. The molecule has 0 saturated heterocycles. The minimum absolute atomic E-state index is 0. The van der Waals surface area contributed by atoms with E-state index in [0.717, 1.165) is 16.7 Å². The molecule has 0 radical (unpaired) electrons. The van der Waals surface area contributed by atoms with Gasteiger partial charge in [-0.2, -0.15) is 0 Å². The third-order valence-electron chi connectivity index (χ3n) is 2.69. The van der Waals surface area contributed by atoms with Crippen molar-refractivity contribution in [3.63, 3.8) is 0 Å². The van der Waals surface area contributed by atoms with E-state index >= 15 is 0 Å².